The van der Waals surface area contributed by atoms with Gasteiger partial charge in [0.05, 0.1) is 6.33 Å². The van der Waals surface area contributed by atoms with Gasteiger partial charge in [-0.15, -0.1) is 10.2 Å². The van der Waals surface area contributed by atoms with E-state index in [4.69, 9.17) is 0 Å². The van der Waals surface area contributed by atoms with Crippen LogP contribution in [0.25, 0.3) is 0 Å². The lowest BCUT2D eigenvalue weighted by Crippen LogP contribution is -2.10. The van der Waals surface area contributed by atoms with Gasteiger partial charge in [0, 0.05) is 14.1 Å². The minimum atomic E-state index is -0.138. The Balaban J connectivity index is 2.25. The Bertz CT molecular complexity index is 581. The molecule has 2 aromatic heterocycles. The Morgan fingerprint density at radius 2 is 2.24 bits per heavy atom. The van der Waals surface area contributed by atoms with Gasteiger partial charge in [0.15, 0.2) is 4.34 Å². The third kappa shape index (κ3) is 2.96. The molecular formula is C8H8IN5OS2. The highest BCUT2D eigenvalue weighted by atomic mass is 127. The number of hydrogen-bond donors (Lipinski definition) is 1. The van der Waals surface area contributed by atoms with Gasteiger partial charge < -0.3 is 9.88 Å². The third-order valence-corrected chi connectivity index (χ3v) is 5.24. The molecule has 2 aromatic rings. The molecule has 2 rings (SSSR count). The van der Waals surface area contributed by atoms with E-state index in [9.17, 15) is 4.79 Å². The number of halogens is 1. The van der Waals surface area contributed by atoms with Gasteiger partial charge in [0.1, 0.15) is 8.60 Å². The molecule has 0 amide bonds. The number of nitrogens with zero attached hydrogens (tertiary/aromatic N) is 4. The van der Waals surface area contributed by atoms with E-state index in [1.807, 2.05) is 41.6 Å². The van der Waals surface area contributed by atoms with E-state index in [1.54, 1.807) is 0 Å². The predicted octanol–water partition coefficient (Wildman–Crippen LogP) is 1.44. The first-order chi connectivity index (χ1) is 8.08. The van der Waals surface area contributed by atoms with Crippen molar-refractivity contribution in [3.63, 3.8) is 0 Å². The Hall–Kier alpha value is -0.680. The quantitative estimate of drug-likeness (QED) is 0.641. The summed E-state index contributed by atoms with van der Waals surface area (Å²) in [7, 11) is 3.81. The lowest BCUT2D eigenvalue weighted by atomic mass is 10.7. The second-order valence-electron chi connectivity index (χ2n) is 3.20. The number of H-pyrrole nitrogens is 1. The van der Waals surface area contributed by atoms with Crippen LogP contribution in [-0.4, -0.2) is 34.3 Å². The number of anilines is 1. The molecule has 0 saturated carbocycles. The van der Waals surface area contributed by atoms with Crippen LogP contribution in [0, 0.1) is 3.57 Å². The Labute approximate surface area is 119 Å². The third-order valence-electron chi connectivity index (χ3n) is 1.73. The summed E-state index contributed by atoms with van der Waals surface area (Å²) in [5.41, 5.74) is -0.138. The number of aromatic amines is 1. The Kier molecular flexibility index (Phi) is 3.99. The minimum absolute atomic E-state index is 0.138. The van der Waals surface area contributed by atoms with Crippen molar-refractivity contribution < 1.29 is 0 Å². The molecule has 0 saturated heterocycles. The maximum Gasteiger partial charge on any atom is 0.265 e. The first-order valence-electron chi connectivity index (χ1n) is 4.50. The van der Waals surface area contributed by atoms with E-state index in [-0.39, 0.29) is 5.56 Å². The molecule has 0 bridgehead atoms. The van der Waals surface area contributed by atoms with Crippen LogP contribution in [0.4, 0.5) is 5.13 Å². The van der Waals surface area contributed by atoms with Crippen LogP contribution in [0.2, 0.25) is 0 Å². The number of aromatic nitrogens is 4. The first-order valence-corrected chi connectivity index (χ1v) is 7.21. The lowest BCUT2D eigenvalue weighted by molar-refractivity contribution is 0.959. The summed E-state index contributed by atoms with van der Waals surface area (Å²) in [6, 6.07) is 0. The molecule has 17 heavy (non-hydrogen) atoms. The Morgan fingerprint density at radius 1 is 1.47 bits per heavy atom. The van der Waals surface area contributed by atoms with Crippen molar-refractivity contribution in [2.45, 2.75) is 9.37 Å². The zero-order valence-electron chi connectivity index (χ0n) is 8.97. The molecule has 0 aromatic carbocycles. The van der Waals surface area contributed by atoms with Gasteiger partial charge in [0.25, 0.3) is 5.56 Å². The monoisotopic (exact) mass is 381 g/mol. The normalized spacial score (nSPS) is 10.5. The molecule has 1 N–H and O–H groups in total. The standard InChI is InChI=1S/C8H8IN5OS2/c1-14(2)7-12-13-8(17-7)16-6-4(9)5(15)10-3-11-6/h3H,1-2H3,(H,10,11,15). The van der Waals surface area contributed by atoms with E-state index in [0.717, 1.165) is 9.47 Å². The fourth-order valence-electron chi connectivity index (χ4n) is 0.945. The van der Waals surface area contributed by atoms with E-state index < -0.39 is 0 Å². The number of hydrogen-bond acceptors (Lipinski definition) is 7. The van der Waals surface area contributed by atoms with Gasteiger partial charge in [-0.2, -0.15) is 0 Å². The summed E-state index contributed by atoms with van der Waals surface area (Å²) in [5.74, 6) is 0. The zero-order chi connectivity index (χ0) is 12.4. The zero-order valence-corrected chi connectivity index (χ0v) is 12.8. The molecule has 9 heteroatoms. The van der Waals surface area contributed by atoms with Gasteiger partial charge in [-0.1, -0.05) is 11.3 Å². The van der Waals surface area contributed by atoms with Crippen molar-refractivity contribution in [3.8, 4) is 0 Å². The van der Waals surface area contributed by atoms with Gasteiger partial charge in [-0.3, -0.25) is 4.79 Å². The highest BCUT2D eigenvalue weighted by Crippen LogP contribution is 2.32. The summed E-state index contributed by atoms with van der Waals surface area (Å²) >= 11 is 4.78. The van der Waals surface area contributed by atoms with E-state index >= 15 is 0 Å². The topological polar surface area (TPSA) is 74.8 Å². The molecule has 6 nitrogen and oxygen atoms in total. The summed E-state index contributed by atoms with van der Waals surface area (Å²) < 4.78 is 1.33. The summed E-state index contributed by atoms with van der Waals surface area (Å²) in [4.78, 5) is 19.9. The van der Waals surface area contributed by atoms with Crippen LogP contribution in [0.15, 0.2) is 20.5 Å². The highest BCUT2D eigenvalue weighted by Gasteiger charge is 2.12. The van der Waals surface area contributed by atoms with Crippen LogP contribution in [0.1, 0.15) is 0 Å². The minimum Gasteiger partial charge on any atom is -0.353 e. The van der Waals surface area contributed by atoms with Gasteiger partial charge in [0.2, 0.25) is 5.13 Å². The van der Waals surface area contributed by atoms with E-state index in [0.29, 0.717) is 8.60 Å². The van der Waals surface area contributed by atoms with Crippen LogP contribution in [-0.2, 0) is 0 Å². The highest BCUT2D eigenvalue weighted by molar-refractivity contribution is 14.1. The molecule has 0 fully saturated rings. The molecule has 0 unspecified atom stereocenters. The molecule has 0 aliphatic carbocycles. The van der Waals surface area contributed by atoms with Crippen molar-refractivity contribution >= 4 is 50.8 Å². The smallest absolute Gasteiger partial charge is 0.265 e. The number of rotatable bonds is 3. The summed E-state index contributed by atoms with van der Waals surface area (Å²) in [6.45, 7) is 0. The second-order valence-corrected chi connectivity index (χ2v) is 6.47. The van der Waals surface area contributed by atoms with Crippen LogP contribution < -0.4 is 10.5 Å². The molecule has 90 valence electrons. The van der Waals surface area contributed by atoms with Crippen LogP contribution in [0.3, 0.4) is 0 Å². The molecule has 0 radical (unpaired) electrons. The Morgan fingerprint density at radius 3 is 2.88 bits per heavy atom. The van der Waals surface area contributed by atoms with Crippen molar-refractivity contribution in [1.29, 1.82) is 0 Å². The molecule has 2 heterocycles. The van der Waals surface area contributed by atoms with Crippen molar-refractivity contribution in [2.24, 2.45) is 0 Å². The molecule has 0 atom stereocenters. The molecular weight excluding hydrogens is 373 g/mol. The first kappa shape index (κ1) is 12.8. The maximum absolute atomic E-state index is 11.4. The second kappa shape index (κ2) is 5.31. The van der Waals surface area contributed by atoms with Crippen molar-refractivity contribution in [2.75, 3.05) is 19.0 Å². The lowest BCUT2D eigenvalue weighted by Gasteiger charge is -2.03. The fraction of sp³-hybridized carbons (Fsp3) is 0.250. The van der Waals surface area contributed by atoms with Crippen molar-refractivity contribution in [3.05, 3.63) is 20.3 Å². The SMILES string of the molecule is CN(C)c1nnc(Sc2nc[nH]c(=O)c2I)s1. The van der Waals surface area contributed by atoms with Crippen molar-refractivity contribution in [1.82, 2.24) is 20.2 Å². The summed E-state index contributed by atoms with van der Waals surface area (Å²) in [6.07, 6.45) is 1.39. The average molecular weight is 381 g/mol. The molecule has 0 aliphatic rings. The largest absolute Gasteiger partial charge is 0.353 e. The fourth-order valence-corrected chi connectivity index (χ4v) is 3.23. The molecule has 0 spiro atoms. The van der Waals surface area contributed by atoms with E-state index in [2.05, 4.69) is 20.2 Å². The van der Waals surface area contributed by atoms with E-state index in [1.165, 1.54) is 29.4 Å². The van der Waals surface area contributed by atoms with Crippen LogP contribution in [0.5, 0.6) is 0 Å². The predicted molar refractivity (Wildman–Crippen MR) is 75.9 cm³/mol. The van der Waals surface area contributed by atoms with Gasteiger partial charge >= 0.3 is 0 Å². The van der Waals surface area contributed by atoms with Crippen LogP contribution >= 0.6 is 45.7 Å². The molecule has 0 aliphatic heterocycles. The van der Waals surface area contributed by atoms with Gasteiger partial charge in [-0.05, 0) is 34.4 Å². The average Bonchev–Trinajstić information content (AvgIpc) is 2.73. The number of nitrogens with one attached hydrogen (secondary N) is 1. The summed E-state index contributed by atoms with van der Waals surface area (Å²) in [5, 5.41) is 9.53. The van der Waals surface area contributed by atoms with Gasteiger partial charge in [-0.25, -0.2) is 4.98 Å². The maximum atomic E-state index is 11.4.